The van der Waals surface area contributed by atoms with Crippen LogP contribution in [0, 0.1) is 23.5 Å². The number of hydrogen-bond acceptors (Lipinski definition) is 1. The van der Waals surface area contributed by atoms with Gasteiger partial charge in [-0.3, -0.25) is 0 Å². The van der Waals surface area contributed by atoms with E-state index in [1.807, 2.05) is 6.92 Å². The van der Waals surface area contributed by atoms with Crippen LogP contribution in [0.4, 0.5) is 30.7 Å². The fraction of sp³-hybridized carbons (Fsp3) is 0.647. The first-order chi connectivity index (χ1) is 11.5. The monoisotopic (exact) mass is 372 g/mol. The molecule has 0 saturated heterocycles. The lowest BCUT2D eigenvalue weighted by Gasteiger charge is -2.33. The van der Waals surface area contributed by atoms with Gasteiger partial charge in [0.25, 0.3) is 0 Å². The fourth-order valence-electron chi connectivity index (χ4n) is 3.32. The van der Waals surface area contributed by atoms with Crippen molar-refractivity contribution in [3.8, 4) is 5.75 Å². The highest BCUT2D eigenvalue weighted by atomic mass is 19.4. The Labute approximate surface area is 141 Å². The summed E-state index contributed by atoms with van der Waals surface area (Å²) < 4.78 is 97.3. The Balaban J connectivity index is 2.11. The highest BCUT2D eigenvalue weighted by Gasteiger charge is 2.45. The van der Waals surface area contributed by atoms with E-state index in [1.54, 1.807) is 0 Å². The molecule has 0 unspecified atom stereocenters. The second-order valence-electron chi connectivity index (χ2n) is 6.43. The number of benzene rings is 1. The predicted molar refractivity (Wildman–Crippen MR) is 77.3 cm³/mol. The molecule has 0 N–H and O–H groups in total. The summed E-state index contributed by atoms with van der Waals surface area (Å²) in [6, 6.07) is 0.283. The van der Waals surface area contributed by atoms with Crippen molar-refractivity contribution < 1.29 is 35.5 Å². The van der Waals surface area contributed by atoms with Gasteiger partial charge in [-0.15, -0.1) is 0 Å². The van der Waals surface area contributed by atoms with Gasteiger partial charge >= 0.3 is 12.3 Å². The van der Waals surface area contributed by atoms with Crippen LogP contribution in [0.25, 0.3) is 0 Å². The van der Waals surface area contributed by atoms with Gasteiger partial charge in [0.2, 0.25) is 0 Å². The quantitative estimate of drug-likeness (QED) is 0.532. The summed E-state index contributed by atoms with van der Waals surface area (Å²) in [5, 5.41) is 0. The molecule has 1 aromatic carbocycles. The molecular formula is C17H19F7O. The van der Waals surface area contributed by atoms with Crippen molar-refractivity contribution in [3.05, 3.63) is 29.3 Å². The molecule has 0 bridgehead atoms. The minimum atomic E-state index is -5.26. The lowest BCUT2D eigenvalue weighted by Crippen LogP contribution is -2.37. The van der Waals surface area contributed by atoms with Crippen molar-refractivity contribution in [2.75, 3.05) is 0 Å². The third kappa shape index (κ3) is 4.79. The summed E-state index contributed by atoms with van der Waals surface area (Å²) in [6.07, 6.45) is -5.43. The van der Waals surface area contributed by atoms with Crippen molar-refractivity contribution >= 4 is 0 Å². The minimum absolute atomic E-state index is 0.141. The van der Waals surface area contributed by atoms with Crippen LogP contribution in [0.15, 0.2) is 12.1 Å². The predicted octanol–water partition coefficient (Wildman–Crippen LogP) is 6.56. The first-order valence-corrected chi connectivity index (χ1v) is 8.17. The van der Waals surface area contributed by atoms with Crippen LogP contribution in [0.3, 0.4) is 0 Å². The molecule has 1 aromatic rings. The Morgan fingerprint density at radius 3 is 1.92 bits per heavy atom. The van der Waals surface area contributed by atoms with Gasteiger partial charge in [0, 0.05) is 12.1 Å². The summed E-state index contributed by atoms with van der Waals surface area (Å²) in [5.41, 5.74) is -2.12. The van der Waals surface area contributed by atoms with Gasteiger partial charge in [0.05, 0.1) is 5.92 Å². The lowest BCUT2D eigenvalue weighted by molar-refractivity contribution is -0.223. The van der Waals surface area contributed by atoms with Crippen molar-refractivity contribution in [2.45, 2.75) is 57.7 Å². The Kier molecular flexibility index (Phi) is 5.89. The molecule has 1 aliphatic carbocycles. The van der Waals surface area contributed by atoms with Crippen molar-refractivity contribution in [1.82, 2.24) is 0 Å². The number of hydrogen-bond donors (Lipinski definition) is 0. The van der Waals surface area contributed by atoms with Gasteiger partial charge in [-0.05, 0) is 31.6 Å². The number of halogens is 7. The normalized spacial score (nSPS) is 22.1. The zero-order chi connectivity index (χ0) is 18.8. The molecule has 1 fully saturated rings. The third-order valence-electron chi connectivity index (χ3n) is 4.57. The second-order valence-corrected chi connectivity index (χ2v) is 6.43. The van der Waals surface area contributed by atoms with Crippen LogP contribution >= 0.6 is 0 Å². The van der Waals surface area contributed by atoms with E-state index < -0.39 is 41.2 Å². The lowest BCUT2D eigenvalue weighted by atomic mass is 9.79. The van der Waals surface area contributed by atoms with E-state index in [4.69, 9.17) is 0 Å². The van der Waals surface area contributed by atoms with E-state index in [0.717, 1.165) is 12.8 Å². The molecule has 0 radical (unpaired) electrons. The molecule has 0 aromatic heterocycles. The standard InChI is InChI=1S/C17H19F7O/c1-2-3-10-4-6-11(7-5-10)17(23,24)25-12-8-13(18)15(14(19)9-12)16(20,21)22/h8-11H,2-7H2,1H3. The molecular weight excluding hydrogens is 353 g/mol. The highest BCUT2D eigenvalue weighted by molar-refractivity contribution is 5.32. The average Bonchev–Trinajstić information content (AvgIpc) is 2.45. The van der Waals surface area contributed by atoms with Crippen LogP contribution in [0.2, 0.25) is 0 Å². The van der Waals surface area contributed by atoms with Crippen LogP contribution < -0.4 is 4.74 Å². The summed E-state index contributed by atoms with van der Waals surface area (Å²) in [7, 11) is 0. The van der Waals surface area contributed by atoms with E-state index in [1.165, 1.54) is 0 Å². The van der Waals surface area contributed by atoms with Gasteiger partial charge in [0.15, 0.2) is 0 Å². The van der Waals surface area contributed by atoms with Crippen molar-refractivity contribution in [3.63, 3.8) is 0 Å². The maximum absolute atomic E-state index is 14.2. The summed E-state index contributed by atoms with van der Waals surface area (Å²) in [5.74, 6) is -5.68. The van der Waals surface area contributed by atoms with E-state index in [2.05, 4.69) is 4.74 Å². The average molecular weight is 372 g/mol. The molecule has 1 saturated carbocycles. The maximum Gasteiger partial charge on any atom is 0.422 e. The molecule has 0 amide bonds. The van der Waals surface area contributed by atoms with E-state index in [-0.39, 0.29) is 25.0 Å². The zero-order valence-corrected chi connectivity index (χ0v) is 13.6. The molecule has 0 spiro atoms. The van der Waals surface area contributed by atoms with Crippen LogP contribution in [-0.4, -0.2) is 6.11 Å². The molecule has 25 heavy (non-hydrogen) atoms. The molecule has 1 nitrogen and oxygen atoms in total. The highest BCUT2D eigenvalue weighted by Crippen LogP contribution is 2.42. The van der Waals surface area contributed by atoms with E-state index in [0.29, 0.717) is 18.8 Å². The maximum atomic E-state index is 14.2. The third-order valence-corrected chi connectivity index (χ3v) is 4.57. The topological polar surface area (TPSA) is 9.23 Å². The fourth-order valence-corrected chi connectivity index (χ4v) is 3.32. The zero-order valence-electron chi connectivity index (χ0n) is 13.6. The Morgan fingerprint density at radius 2 is 1.48 bits per heavy atom. The van der Waals surface area contributed by atoms with Gasteiger partial charge in [-0.2, -0.15) is 22.0 Å². The van der Waals surface area contributed by atoms with E-state index in [9.17, 15) is 30.7 Å². The van der Waals surface area contributed by atoms with Gasteiger partial charge < -0.3 is 4.74 Å². The first-order valence-electron chi connectivity index (χ1n) is 8.17. The summed E-state index contributed by atoms with van der Waals surface area (Å²) in [4.78, 5) is 0. The molecule has 142 valence electrons. The number of rotatable bonds is 5. The number of alkyl halides is 5. The Hall–Kier alpha value is -1.47. The van der Waals surface area contributed by atoms with Gasteiger partial charge in [-0.1, -0.05) is 19.8 Å². The van der Waals surface area contributed by atoms with Gasteiger partial charge in [-0.25, -0.2) is 8.78 Å². The largest absolute Gasteiger partial charge is 0.432 e. The Bertz CT molecular complexity index is 566. The molecule has 0 heterocycles. The summed E-state index contributed by atoms with van der Waals surface area (Å²) >= 11 is 0. The van der Waals surface area contributed by atoms with Crippen molar-refractivity contribution in [1.29, 1.82) is 0 Å². The van der Waals surface area contributed by atoms with Crippen LogP contribution in [0.1, 0.15) is 51.0 Å². The summed E-state index contributed by atoms with van der Waals surface area (Å²) in [6.45, 7) is 2.01. The van der Waals surface area contributed by atoms with E-state index >= 15 is 0 Å². The van der Waals surface area contributed by atoms with Crippen molar-refractivity contribution in [2.24, 2.45) is 11.8 Å². The molecule has 1 aliphatic rings. The number of ether oxygens (including phenoxy) is 1. The SMILES string of the molecule is CCCC1CCC(C(F)(F)Oc2cc(F)c(C(F)(F)F)c(F)c2)CC1. The first kappa shape index (κ1) is 19.8. The Morgan fingerprint density at radius 1 is 0.960 bits per heavy atom. The second kappa shape index (κ2) is 7.41. The minimum Gasteiger partial charge on any atom is -0.432 e. The molecule has 0 aliphatic heterocycles. The molecule has 0 atom stereocenters. The van der Waals surface area contributed by atoms with Gasteiger partial charge in [0.1, 0.15) is 22.9 Å². The van der Waals surface area contributed by atoms with Crippen LogP contribution in [-0.2, 0) is 6.18 Å². The smallest absolute Gasteiger partial charge is 0.422 e. The van der Waals surface area contributed by atoms with Crippen LogP contribution in [0.5, 0.6) is 5.75 Å². The molecule has 8 heteroatoms. The molecule has 2 rings (SSSR count).